The summed E-state index contributed by atoms with van der Waals surface area (Å²) in [7, 11) is 0. The van der Waals surface area contributed by atoms with E-state index in [9.17, 15) is 19.5 Å². The van der Waals surface area contributed by atoms with Gasteiger partial charge in [0.1, 0.15) is 11.4 Å². The van der Waals surface area contributed by atoms with E-state index in [4.69, 9.17) is 4.74 Å². The Bertz CT molecular complexity index is 849. The van der Waals surface area contributed by atoms with Crippen LogP contribution in [0.2, 0.25) is 0 Å². The van der Waals surface area contributed by atoms with Crippen LogP contribution >= 0.6 is 0 Å². The van der Waals surface area contributed by atoms with Gasteiger partial charge in [-0.1, -0.05) is 0 Å². The lowest BCUT2D eigenvalue weighted by Gasteiger charge is -2.38. The van der Waals surface area contributed by atoms with Crippen LogP contribution < -0.4 is 10.3 Å². The molecule has 1 amide bonds. The van der Waals surface area contributed by atoms with Gasteiger partial charge in [-0.25, -0.2) is 9.78 Å². The number of aromatic amines is 1. The number of amides is 1. The predicted molar refractivity (Wildman–Crippen MR) is 90.0 cm³/mol. The zero-order valence-corrected chi connectivity index (χ0v) is 14.1. The maximum Gasteiger partial charge on any atom is 0.348 e. The Hall–Kier alpha value is -3.23. The zero-order chi connectivity index (χ0) is 18.7. The van der Waals surface area contributed by atoms with Crippen molar-refractivity contribution in [3.63, 3.8) is 0 Å². The Labute approximate surface area is 148 Å². The van der Waals surface area contributed by atoms with Crippen LogP contribution in [0.15, 0.2) is 35.5 Å². The van der Waals surface area contributed by atoms with Gasteiger partial charge < -0.3 is 19.7 Å². The van der Waals surface area contributed by atoms with Gasteiger partial charge in [0.2, 0.25) is 5.60 Å². The average molecular weight is 358 g/mol. The number of aliphatic carboxylic acids is 1. The van der Waals surface area contributed by atoms with Gasteiger partial charge in [-0.2, -0.15) is 0 Å². The first-order chi connectivity index (χ1) is 12.4. The number of piperidine rings is 1. The van der Waals surface area contributed by atoms with Crippen LogP contribution in [0.5, 0.6) is 5.75 Å². The average Bonchev–Trinajstić information content (AvgIpc) is 2.64. The van der Waals surface area contributed by atoms with E-state index in [-0.39, 0.29) is 37.5 Å². The molecule has 1 aliphatic rings. The van der Waals surface area contributed by atoms with Crippen LogP contribution in [-0.2, 0) is 4.79 Å². The molecule has 0 unspecified atom stereocenters. The van der Waals surface area contributed by atoms with Crippen LogP contribution in [0.4, 0.5) is 0 Å². The number of carbonyl (C=O) groups excluding carboxylic acids is 1. The third-order valence-corrected chi connectivity index (χ3v) is 4.34. The first-order valence-electron chi connectivity index (χ1n) is 8.09. The van der Waals surface area contributed by atoms with Crippen molar-refractivity contribution in [2.24, 2.45) is 0 Å². The molecule has 136 valence electrons. The highest BCUT2D eigenvalue weighted by molar-refractivity contribution is 5.92. The monoisotopic (exact) mass is 358 g/mol. The van der Waals surface area contributed by atoms with Crippen molar-refractivity contribution < 1.29 is 19.4 Å². The number of aryl methyl sites for hydroxylation is 1. The summed E-state index contributed by atoms with van der Waals surface area (Å²) in [6.07, 6.45) is 4.03. The summed E-state index contributed by atoms with van der Waals surface area (Å²) < 4.78 is 5.75. The second-order valence-electron chi connectivity index (χ2n) is 6.13. The number of nitrogens with one attached hydrogen (secondary N) is 1. The van der Waals surface area contributed by atoms with Crippen LogP contribution in [-0.4, -0.2) is 55.5 Å². The van der Waals surface area contributed by atoms with E-state index in [1.54, 1.807) is 12.1 Å². The van der Waals surface area contributed by atoms with Gasteiger partial charge in [-0.05, 0) is 19.1 Å². The highest BCUT2D eigenvalue weighted by Crippen LogP contribution is 2.29. The fraction of sp³-hybridized carbons (Fsp3) is 0.353. The number of aromatic nitrogens is 3. The van der Waals surface area contributed by atoms with E-state index in [1.165, 1.54) is 17.3 Å². The molecular formula is C17H18N4O5. The van der Waals surface area contributed by atoms with Crippen molar-refractivity contribution in [3.8, 4) is 5.75 Å². The predicted octanol–water partition coefficient (Wildman–Crippen LogP) is 0.612. The summed E-state index contributed by atoms with van der Waals surface area (Å²) in [6, 6.07) is 3.42. The Balaban J connectivity index is 1.71. The number of hydrogen-bond donors (Lipinski definition) is 2. The molecule has 0 radical (unpaired) electrons. The number of nitrogens with zero attached hydrogens (tertiary/aromatic N) is 3. The second kappa shape index (κ2) is 6.95. The Morgan fingerprint density at radius 1 is 1.23 bits per heavy atom. The molecular weight excluding hydrogens is 340 g/mol. The van der Waals surface area contributed by atoms with Gasteiger partial charge >= 0.3 is 5.97 Å². The van der Waals surface area contributed by atoms with E-state index in [1.807, 2.05) is 6.92 Å². The summed E-state index contributed by atoms with van der Waals surface area (Å²) in [5.41, 5.74) is -0.900. The molecule has 0 atom stereocenters. The van der Waals surface area contributed by atoms with E-state index in [0.717, 1.165) is 11.9 Å². The molecule has 1 saturated heterocycles. The van der Waals surface area contributed by atoms with Crippen molar-refractivity contribution in [1.29, 1.82) is 0 Å². The highest BCUT2D eigenvalue weighted by Gasteiger charge is 2.45. The fourth-order valence-electron chi connectivity index (χ4n) is 2.79. The minimum absolute atomic E-state index is 0.107. The Kier molecular flexibility index (Phi) is 4.70. The maximum absolute atomic E-state index is 12.4. The lowest BCUT2D eigenvalue weighted by molar-refractivity contribution is -0.159. The fourth-order valence-corrected chi connectivity index (χ4v) is 2.79. The standard InChI is InChI=1S/C17H18N4O5/c1-11-2-3-12(8-18-11)26-17(16(24)25)4-6-21(7-5-17)15(23)13-9-20-14(22)10-19-13/h2-3,8-10H,4-7H2,1H3,(H,20,22)(H,24,25). The molecule has 2 N–H and O–H groups in total. The number of carboxylic acids is 1. The zero-order valence-electron chi connectivity index (χ0n) is 14.1. The topological polar surface area (TPSA) is 125 Å². The summed E-state index contributed by atoms with van der Waals surface area (Å²) in [6.45, 7) is 2.22. The van der Waals surface area contributed by atoms with Crippen LogP contribution in [0.1, 0.15) is 29.0 Å². The van der Waals surface area contributed by atoms with Gasteiger partial charge in [-0.15, -0.1) is 0 Å². The molecule has 1 aliphatic heterocycles. The molecule has 0 spiro atoms. The molecule has 1 fully saturated rings. The van der Waals surface area contributed by atoms with Gasteiger partial charge in [0.25, 0.3) is 11.5 Å². The second-order valence-corrected chi connectivity index (χ2v) is 6.13. The molecule has 3 heterocycles. The normalized spacial score (nSPS) is 16.1. The Morgan fingerprint density at radius 2 is 1.96 bits per heavy atom. The largest absolute Gasteiger partial charge is 0.478 e. The molecule has 9 nitrogen and oxygen atoms in total. The number of carbonyl (C=O) groups is 2. The molecule has 26 heavy (non-hydrogen) atoms. The minimum Gasteiger partial charge on any atom is -0.478 e. The number of hydrogen-bond acceptors (Lipinski definition) is 6. The van der Waals surface area contributed by atoms with Crippen molar-refractivity contribution in [1.82, 2.24) is 19.9 Å². The maximum atomic E-state index is 12.4. The van der Waals surface area contributed by atoms with Crippen LogP contribution in [0.3, 0.4) is 0 Å². The summed E-state index contributed by atoms with van der Waals surface area (Å²) in [5, 5.41) is 9.68. The first-order valence-corrected chi connectivity index (χ1v) is 8.09. The molecule has 0 saturated carbocycles. The third-order valence-electron chi connectivity index (χ3n) is 4.34. The van der Waals surface area contributed by atoms with Crippen molar-refractivity contribution in [2.45, 2.75) is 25.4 Å². The lowest BCUT2D eigenvalue weighted by Crippen LogP contribution is -2.54. The molecule has 9 heteroatoms. The molecule has 2 aromatic rings. The summed E-state index contributed by atoms with van der Waals surface area (Å²) >= 11 is 0. The first kappa shape index (κ1) is 17.6. The van der Waals surface area contributed by atoms with Gasteiger partial charge in [-0.3, -0.25) is 14.6 Å². The molecule has 3 rings (SSSR count). The molecule has 0 bridgehead atoms. The third kappa shape index (κ3) is 3.56. The number of pyridine rings is 1. The minimum atomic E-state index is -1.41. The van der Waals surface area contributed by atoms with Crippen molar-refractivity contribution in [3.05, 3.63) is 52.5 Å². The molecule has 0 aromatic carbocycles. The van der Waals surface area contributed by atoms with Crippen molar-refractivity contribution in [2.75, 3.05) is 13.1 Å². The smallest absolute Gasteiger partial charge is 0.348 e. The van der Waals surface area contributed by atoms with E-state index in [0.29, 0.717) is 5.75 Å². The highest BCUT2D eigenvalue weighted by atomic mass is 16.5. The summed E-state index contributed by atoms with van der Waals surface area (Å²) in [4.78, 5) is 47.1. The number of H-pyrrole nitrogens is 1. The number of carboxylic acid groups (broad SMARTS) is 1. The number of rotatable bonds is 4. The van der Waals surface area contributed by atoms with Crippen LogP contribution in [0.25, 0.3) is 0 Å². The number of likely N-dealkylation sites (tertiary alicyclic amines) is 1. The van der Waals surface area contributed by atoms with Gasteiger partial charge in [0.15, 0.2) is 0 Å². The Morgan fingerprint density at radius 3 is 2.50 bits per heavy atom. The van der Waals surface area contributed by atoms with Gasteiger partial charge in [0.05, 0.1) is 12.4 Å². The van der Waals surface area contributed by atoms with Gasteiger partial charge in [0, 0.05) is 37.8 Å². The number of ether oxygens (including phenoxy) is 1. The SMILES string of the molecule is Cc1ccc(OC2(C(=O)O)CCN(C(=O)c3c[nH]c(=O)cn3)CC2)cn1. The summed E-state index contributed by atoms with van der Waals surface area (Å²) in [5.74, 6) is -1.07. The van der Waals surface area contributed by atoms with E-state index >= 15 is 0 Å². The van der Waals surface area contributed by atoms with Crippen molar-refractivity contribution >= 4 is 11.9 Å². The van der Waals surface area contributed by atoms with E-state index in [2.05, 4.69) is 15.0 Å². The quantitative estimate of drug-likeness (QED) is 0.820. The lowest BCUT2D eigenvalue weighted by atomic mass is 9.91. The van der Waals surface area contributed by atoms with E-state index < -0.39 is 17.1 Å². The van der Waals surface area contributed by atoms with Crippen LogP contribution in [0, 0.1) is 6.92 Å². The molecule has 2 aromatic heterocycles. The molecule has 0 aliphatic carbocycles.